The molecule has 13 atom stereocenters. The van der Waals surface area contributed by atoms with Gasteiger partial charge >= 0.3 is 6.16 Å². The number of methoxy groups -OCH3 is 1. The number of aliphatic hydroxyl groups excluding tert-OH is 2. The van der Waals surface area contributed by atoms with E-state index in [1.165, 1.54) is 46.3 Å². The third kappa shape index (κ3) is 7.60. The Hall–Kier alpha value is -4.90. The Morgan fingerprint density at radius 2 is 1.61 bits per heavy atom. The summed E-state index contributed by atoms with van der Waals surface area (Å²) in [5.74, 6) is -5.43. The Kier molecular flexibility index (Phi) is 11.4. The first-order valence-electron chi connectivity index (χ1n) is 20.1. The molecule has 2 saturated heterocycles. The maximum atomic E-state index is 14.5. The SMILES string of the molecule is COC1/C=C/OCC2(C)Oc3c(C)c(O)c4c(c3C2=O)/C(=N/C2CCC(O)OC2C)C=C(NC(=O)/C(C)=C\C(=O)C2CC2C(O)C(C)C2OC(=O)OC(C1C)C2C)C4=O. The van der Waals surface area contributed by atoms with Gasteiger partial charge in [0.15, 0.2) is 12.1 Å². The molecule has 2 aliphatic carbocycles. The standard InChI is InChI=1S/C43H52N2O14/c1-17-13-28(46)23-14-24(23)34(48)19(3)38-21(5)37(57-42(53)58-38)18(2)29(54-8)11-12-55-16-43(7)40(51)33-31-26(44-25-9-10-30(47)56-22(25)6)15-27(45-41(17)52)36(50)32(31)35(49)20(4)39(33)59-43/h11-13,15,18-19,21-25,29-30,34,37-38,47-49H,9-10,14,16H2,1-8H3,(H,45,52)/b12-11+,17-13-,44-26+. The number of aliphatic hydroxyl groups is 2. The van der Waals surface area contributed by atoms with Gasteiger partial charge in [0.05, 0.1) is 53.2 Å². The van der Waals surface area contributed by atoms with Gasteiger partial charge in [0.2, 0.25) is 17.2 Å². The van der Waals surface area contributed by atoms with Crippen LogP contribution in [0.5, 0.6) is 11.5 Å². The summed E-state index contributed by atoms with van der Waals surface area (Å²) in [5, 5.41) is 35.8. The number of hydrogen-bond acceptors (Lipinski definition) is 15. The van der Waals surface area contributed by atoms with E-state index in [9.17, 15) is 39.3 Å². The van der Waals surface area contributed by atoms with E-state index in [0.717, 1.165) is 0 Å². The van der Waals surface area contributed by atoms with Crippen LogP contribution in [0.1, 0.15) is 92.6 Å². The van der Waals surface area contributed by atoms with E-state index in [-0.39, 0.29) is 58.0 Å². The molecule has 0 spiro atoms. The molecule has 0 radical (unpaired) electrons. The van der Waals surface area contributed by atoms with Gasteiger partial charge in [0.25, 0.3) is 5.91 Å². The molecule has 59 heavy (non-hydrogen) atoms. The number of Topliss-reactive ketones (excluding diaryl/α,β-unsaturated/α-hetero) is 2. The van der Waals surface area contributed by atoms with Crippen molar-refractivity contribution in [1.29, 1.82) is 0 Å². The summed E-state index contributed by atoms with van der Waals surface area (Å²) in [6.07, 6.45) is 0.906. The molecule has 318 valence electrons. The zero-order valence-electron chi connectivity index (χ0n) is 34.3. The van der Waals surface area contributed by atoms with Gasteiger partial charge < -0.3 is 49.1 Å². The normalized spacial score (nSPS) is 39.6. The molecule has 1 aromatic carbocycles. The average Bonchev–Trinajstić information content (AvgIpc) is 3.95. The predicted molar refractivity (Wildman–Crippen MR) is 208 cm³/mol. The van der Waals surface area contributed by atoms with Crippen LogP contribution in [0.4, 0.5) is 4.79 Å². The molecule has 5 heterocycles. The van der Waals surface area contributed by atoms with E-state index in [1.54, 1.807) is 19.9 Å². The summed E-state index contributed by atoms with van der Waals surface area (Å²) in [4.78, 5) is 73.6. The number of carbonyl (C=O) groups is 5. The van der Waals surface area contributed by atoms with Crippen molar-refractivity contribution in [1.82, 2.24) is 5.32 Å². The second-order valence-corrected chi connectivity index (χ2v) is 16.9. The fraction of sp³-hybridized carbons (Fsp3) is 0.581. The van der Waals surface area contributed by atoms with Gasteiger partial charge in [0, 0.05) is 53.9 Å². The number of aromatic hydroxyl groups is 1. The van der Waals surface area contributed by atoms with Crippen LogP contribution in [0.15, 0.2) is 40.8 Å². The Morgan fingerprint density at radius 3 is 2.29 bits per heavy atom. The van der Waals surface area contributed by atoms with E-state index in [1.807, 2.05) is 13.8 Å². The minimum Gasteiger partial charge on any atom is -0.507 e. The van der Waals surface area contributed by atoms with E-state index < -0.39 is 113 Å². The van der Waals surface area contributed by atoms with Crippen LogP contribution in [0.3, 0.4) is 0 Å². The van der Waals surface area contributed by atoms with Crippen molar-refractivity contribution >= 4 is 35.1 Å². The van der Waals surface area contributed by atoms with Crippen molar-refractivity contribution in [3.8, 4) is 11.5 Å². The van der Waals surface area contributed by atoms with Crippen molar-refractivity contribution < 1.29 is 67.7 Å². The fourth-order valence-corrected chi connectivity index (χ4v) is 9.13. The molecule has 1 amide bonds. The molecular weight excluding hydrogens is 768 g/mol. The van der Waals surface area contributed by atoms with E-state index in [2.05, 4.69) is 5.32 Å². The number of ether oxygens (including phenoxy) is 6. The monoisotopic (exact) mass is 820 g/mol. The van der Waals surface area contributed by atoms with Crippen molar-refractivity contribution in [2.45, 2.75) is 116 Å². The smallest absolute Gasteiger partial charge is 0.507 e. The first-order valence-corrected chi connectivity index (χ1v) is 20.1. The molecule has 8 rings (SSSR count). The van der Waals surface area contributed by atoms with Crippen molar-refractivity contribution in [2.75, 3.05) is 13.7 Å². The van der Waals surface area contributed by atoms with Gasteiger partial charge in [-0.3, -0.25) is 24.2 Å². The number of phenols is 1. The molecule has 16 heteroatoms. The quantitative estimate of drug-likeness (QED) is 0.312. The third-order valence-electron chi connectivity index (χ3n) is 12.8. The lowest BCUT2D eigenvalue weighted by Crippen LogP contribution is -2.52. The molecule has 5 aliphatic heterocycles. The van der Waals surface area contributed by atoms with Crippen molar-refractivity contribution in [2.24, 2.45) is 34.6 Å². The molecule has 1 saturated carbocycles. The van der Waals surface area contributed by atoms with Crippen molar-refractivity contribution in [3.05, 3.63) is 58.0 Å². The number of ketones is 3. The summed E-state index contributed by atoms with van der Waals surface area (Å²) in [6, 6.07) is -0.549. The maximum Gasteiger partial charge on any atom is 0.508 e. The number of nitrogens with one attached hydrogen (secondary N) is 1. The molecule has 1 aromatic rings. The Morgan fingerprint density at radius 1 is 0.915 bits per heavy atom. The number of rotatable bonds is 2. The highest BCUT2D eigenvalue weighted by atomic mass is 16.7. The van der Waals surface area contributed by atoms with E-state index >= 15 is 0 Å². The number of benzene rings is 1. The number of fused-ring (bicyclic) bond motifs is 9. The Balaban J connectivity index is 1.31. The molecule has 7 aliphatic rings. The first kappa shape index (κ1) is 42.2. The van der Waals surface area contributed by atoms with Gasteiger partial charge in [-0.2, -0.15) is 0 Å². The van der Waals surface area contributed by atoms with Crippen LogP contribution in [0.2, 0.25) is 0 Å². The summed E-state index contributed by atoms with van der Waals surface area (Å²) in [7, 11) is 1.49. The van der Waals surface area contributed by atoms with Crippen LogP contribution in [-0.2, 0) is 33.3 Å². The van der Waals surface area contributed by atoms with Gasteiger partial charge in [-0.1, -0.05) is 20.8 Å². The van der Waals surface area contributed by atoms with E-state index in [0.29, 0.717) is 12.8 Å². The van der Waals surface area contributed by atoms with Crippen molar-refractivity contribution in [3.63, 3.8) is 0 Å². The number of carbonyl (C=O) groups excluding carboxylic acids is 5. The molecule has 13 unspecified atom stereocenters. The van der Waals surface area contributed by atoms with Gasteiger partial charge in [-0.25, -0.2) is 4.79 Å². The highest BCUT2D eigenvalue weighted by Crippen LogP contribution is 2.49. The second-order valence-electron chi connectivity index (χ2n) is 16.9. The Labute approximate surface area is 341 Å². The minimum absolute atomic E-state index is 0.000569. The van der Waals surface area contributed by atoms with Crippen LogP contribution < -0.4 is 10.1 Å². The van der Waals surface area contributed by atoms with Gasteiger partial charge in [-0.05, 0) is 64.7 Å². The van der Waals surface area contributed by atoms with Crippen LogP contribution in [0.25, 0.3) is 0 Å². The third-order valence-corrected chi connectivity index (χ3v) is 12.8. The van der Waals surface area contributed by atoms with Gasteiger partial charge in [-0.15, -0.1) is 0 Å². The second kappa shape index (κ2) is 15.9. The van der Waals surface area contributed by atoms with Crippen LogP contribution in [-0.4, -0.2) is 113 Å². The van der Waals surface area contributed by atoms with Crippen LogP contribution >= 0.6 is 0 Å². The lowest BCUT2D eigenvalue weighted by molar-refractivity contribution is -0.162. The molecule has 16 nitrogen and oxygen atoms in total. The number of amides is 1. The fourth-order valence-electron chi connectivity index (χ4n) is 9.13. The summed E-state index contributed by atoms with van der Waals surface area (Å²) >= 11 is 0. The van der Waals surface area contributed by atoms with Crippen LogP contribution in [0, 0.1) is 36.5 Å². The average molecular weight is 821 g/mol. The number of nitrogens with zero attached hydrogens (tertiary/aromatic N) is 1. The summed E-state index contributed by atoms with van der Waals surface area (Å²) in [5.41, 5.74) is -1.97. The Bertz CT molecular complexity index is 2090. The summed E-state index contributed by atoms with van der Waals surface area (Å²) in [6.45, 7) is 11.3. The highest BCUT2D eigenvalue weighted by Gasteiger charge is 2.53. The lowest BCUT2D eigenvalue weighted by atomic mass is 9.79. The number of allylic oxidation sites excluding steroid dienone is 3. The number of hydrogen-bond donors (Lipinski definition) is 4. The number of aliphatic imine (C=N–C) groups is 1. The molecule has 3 fully saturated rings. The lowest BCUT2D eigenvalue weighted by Gasteiger charge is -2.42. The predicted octanol–water partition coefficient (Wildman–Crippen LogP) is 3.79. The van der Waals surface area contributed by atoms with E-state index in [4.69, 9.17) is 33.4 Å². The molecular formula is C43H52N2O14. The zero-order chi connectivity index (χ0) is 42.8. The largest absolute Gasteiger partial charge is 0.508 e. The van der Waals surface area contributed by atoms with Gasteiger partial charge in [0.1, 0.15) is 30.3 Å². The first-order chi connectivity index (χ1) is 27.9. The molecule has 0 aromatic heterocycles. The number of phenolic OH excluding ortho intramolecular Hbond substituents is 1. The highest BCUT2D eigenvalue weighted by molar-refractivity contribution is 6.32. The zero-order valence-corrected chi connectivity index (χ0v) is 34.3. The molecule has 7 bridgehead atoms. The maximum absolute atomic E-state index is 14.5. The summed E-state index contributed by atoms with van der Waals surface area (Å²) < 4.78 is 34.9. The topological polar surface area (TPSA) is 226 Å². The minimum atomic E-state index is -1.64. The molecule has 4 N–H and O–H groups in total.